The molecule has 3 heteroatoms. The number of hydrogen-bond acceptors (Lipinski definition) is 2. The number of halogens is 1. The third-order valence-electron chi connectivity index (χ3n) is 1.71. The molecule has 1 aromatic carbocycles. The summed E-state index contributed by atoms with van der Waals surface area (Å²) in [6.07, 6.45) is 0.632. The van der Waals surface area contributed by atoms with E-state index in [-0.39, 0.29) is 5.82 Å². The van der Waals surface area contributed by atoms with Gasteiger partial charge in [0.15, 0.2) is 0 Å². The highest BCUT2D eigenvalue weighted by Gasteiger charge is 2.05. The average molecular weight is 167 g/mol. The molecule has 2 nitrogen and oxygen atoms in total. The van der Waals surface area contributed by atoms with Crippen molar-refractivity contribution >= 4 is 6.29 Å². The molecule has 0 aliphatic heterocycles. The molecule has 1 aromatic rings. The Kier molecular flexibility index (Phi) is 2.55. The van der Waals surface area contributed by atoms with E-state index in [1.165, 1.54) is 12.1 Å². The number of nitrogens with two attached hydrogens (primary N) is 1. The van der Waals surface area contributed by atoms with Gasteiger partial charge in [-0.1, -0.05) is 12.1 Å². The van der Waals surface area contributed by atoms with Crippen LogP contribution < -0.4 is 5.73 Å². The molecular formula is C9H10FNO. The molecule has 0 fully saturated rings. The Bertz CT molecular complexity index is 299. The van der Waals surface area contributed by atoms with Crippen molar-refractivity contribution in [2.24, 2.45) is 5.73 Å². The number of rotatable bonds is 2. The highest BCUT2D eigenvalue weighted by molar-refractivity contribution is 5.61. The summed E-state index contributed by atoms with van der Waals surface area (Å²) < 4.78 is 12.7. The Hall–Kier alpha value is -1.22. The molecule has 0 heterocycles. The summed E-state index contributed by atoms with van der Waals surface area (Å²) in [6, 6.07) is 3.76. The van der Waals surface area contributed by atoms with E-state index in [4.69, 9.17) is 5.73 Å². The smallest absolute Gasteiger partial charge is 0.141 e. The molecule has 0 spiro atoms. The zero-order valence-corrected chi connectivity index (χ0v) is 6.75. The molecule has 0 radical (unpaired) electrons. The van der Waals surface area contributed by atoms with Gasteiger partial charge in [0.25, 0.3) is 0 Å². The normalized spacial score (nSPS) is 12.6. The molecule has 0 aromatic heterocycles. The van der Waals surface area contributed by atoms with Gasteiger partial charge >= 0.3 is 0 Å². The lowest BCUT2D eigenvalue weighted by atomic mass is 10.1. The van der Waals surface area contributed by atoms with Crippen LogP contribution in [0.15, 0.2) is 18.2 Å². The van der Waals surface area contributed by atoms with E-state index in [0.29, 0.717) is 17.4 Å². The van der Waals surface area contributed by atoms with Crippen LogP contribution in [0.5, 0.6) is 0 Å². The Morgan fingerprint density at radius 1 is 1.58 bits per heavy atom. The average Bonchev–Trinajstić information content (AvgIpc) is 2.08. The summed E-state index contributed by atoms with van der Waals surface area (Å²) in [5.41, 5.74) is 6.57. The molecule has 1 atom stereocenters. The van der Waals surface area contributed by atoms with E-state index in [2.05, 4.69) is 0 Å². The summed E-state index contributed by atoms with van der Waals surface area (Å²) >= 11 is 0. The summed E-state index contributed by atoms with van der Waals surface area (Å²) in [5, 5.41) is 0. The largest absolute Gasteiger partial charge is 0.318 e. The maximum absolute atomic E-state index is 12.7. The first-order valence-corrected chi connectivity index (χ1v) is 3.62. The Labute approximate surface area is 70.2 Å². The predicted molar refractivity (Wildman–Crippen MR) is 44.1 cm³/mol. The van der Waals surface area contributed by atoms with E-state index in [9.17, 15) is 9.18 Å². The SMILES string of the molecule is Cc1cc(C(N)C=O)ccc1F. The first-order valence-electron chi connectivity index (χ1n) is 3.62. The van der Waals surface area contributed by atoms with E-state index in [0.717, 1.165) is 0 Å². The maximum atomic E-state index is 12.7. The van der Waals surface area contributed by atoms with Crippen LogP contribution in [-0.2, 0) is 4.79 Å². The third-order valence-corrected chi connectivity index (χ3v) is 1.71. The van der Waals surface area contributed by atoms with Crippen molar-refractivity contribution in [3.05, 3.63) is 35.1 Å². The fraction of sp³-hybridized carbons (Fsp3) is 0.222. The molecule has 0 saturated carbocycles. The zero-order chi connectivity index (χ0) is 9.14. The van der Waals surface area contributed by atoms with E-state index >= 15 is 0 Å². The number of benzene rings is 1. The van der Waals surface area contributed by atoms with Crippen LogP contribution in [0.1, 0.15) is 17.2 Å². The molecule has 12 heavy (non-hydrogen) atoms. The molecular weight excluding hydrogens is 157 g/mol. The van der Waals surface area contributed by atoms with Gasteiger partial charge in [0, 0.05) is 0 Å². The first kappa shape index (κ1) is 8.87. The minimum atomic E-state index is -0.649. The Morgan fingerprint density at radius 3 is 2.75 bits per heavy atom. The van der Waals surface area contributed by atoms with Crippen molar-refractivity contribution in [1.82, 2.24) is 0 Å². The Balaban J connectivity index is 3.04. The second-order valence-electron chi connectivity index (χ2n) is 2.67. The van der Waals surface area contributed by atoms with E-state index in [1.54, 1.807) is 13.0 Å². The minimum absolute atomic E-state index is 0.281. The fourth-order valence-electron chi connectivity index (χ4n) is 0.954. The van der Waals surface area contributed by atoms with Crippen LogP contribution in [0, 0.1) is 12.7 Å². The highest BCUT2D eigenvalue weighted by atomic mass is 19.1. The van der Waals surface area contributed by atoms with Crippen molar-refractivity contribution in [3.8, 4) is 0 Å². The lowest BCUT2D eigenvalue weighted by Crippen LogP contribution is -2.11. The van der Waals surface area contributed by atoms with Crippen molar-refractivity contribution in [1.29, 1.82) is 0 Å². The molecule has 0 aliphatic carbocycles. The van der Waals surface area contributed by atoms with Gasteiger partial charge < -0.3 is 10.5 Å². The van der Waals surface area contributed by atoms with E-state index in [1.807, 2.05) is 0 Å². The maximum Gasteiger partial charge on any atom is 0.141 e. The second kappa shape index (κ2) is 3.45. The van der Waals surface area contributed by atoms with Crippen molar-refractivity contribution in [2.75, 3.05) is 0 Å². The first-order chi connectivity index (χ1) is 5.65. The summed E-state index contributed by atoms with van der Waals surface area (Å²) in [4.78, 5) is 10.3. The van der Waals surface area contributed by atoms with Crippen LogP contribution in [0.3, 0.4) is 0 Å². The summed E-state index contributed by atoms with van der Waals surface area (Å²) in [5.74, 6) is -0.281. The molecule has 0 aliphatic rings. The summed E-state index contributed by atoms with van der Waals surface area (Å²) in [6.45, 7) is 1.64. The van der Waals surface area contributed by atoms with Gasteiger partial charge in [0.1, 0.15) is 12.1 Å². The topological polar surface area (TPSA) is 43.1 Å². The number of hydrogen-bond donors (Lipinski definition) is 1. The van der Waals surface area contributed by atoms with Crippen LogP contribution >= 0.6 is 0 Å². The fourth-order valence-corrected chi connectivity index (χ4v) is 0.954. The molecule has 0 bridgehead atoms. The number of aldehydes is 1. The van der Waals surface area contributed by atoms with Crippen LogP contribution in [0.25, 0.3) is 0 Å². The summed E-state index contributed by atoms with van der Waals surface area (Å²) in [7, 11) is 0. The van der Waals surface area contributed by atoms with Gasteiger partial charge in [0.2, 0.25) is 0 Å². The standard InChI is InChI=1S/C9H10FNO/c1-6-4-7(9(11)5-12)2-3-8(6)10/h2-5,9H,11H2,1H3. The van der Waals surface area contributed by atoms with Crippen molar-refractivity contribution in [3.63, 3.8) is 0 Å². The van der Waals surface area contributed by atoms with Crippen LogP contribution in [0.4, 0.5) is 4.39 Å². The van der Waals surface area contributed by atoms with Crippen molar-refractivity contribution < 1.29 is 9.18 Å². The third kappa shape index (κ3) is 1.68. The van der Waals surface area contributed by atoms with Gasteiger partial charge in [-0.3, -0.25) is 0 Å². The monoisotopic (exact) mass is 167 g/mol. The molecule has 1 rings (SSSR count). The van der Waals surface area contributed by atoms with Gasteiger partial charge in [-0.05, 0) is 24.1 Å². The number of aryl methyl sites for hydroxylation is 1. The quantitative estimate of drug-likeness (QED) is 0.675. The number of carbonyl (C=O) groups excluding carboxylic acids is 1. The van der Waals surface area contributed by atoms with E-state index < -0.39 is 6.04 Å². The molecule has 2 N–H and O–H groups in total. The lowest BCUT2D eigenvalue weighted by Gasteiger charge is -2.05. The molecule has 64 valence electrons. The van der Waals surface area contributed by atoms with Gasteiger partial charge in [0.05, 0.1) is 6.04 Å². The van der Waals surface area contributed by atoms with Gasteiger partial charge in [-0.25, -0.2) is 4.39 Å². The highest BCUT2D eigenvalue weighted by Crippen LogP contribution is 2.13. The molecule has 0 amide bonds. The zero-order valence-electron chi connectivity index (χ0n) is 6.75. The van der Waals surface area contributed by atoms with Crippen LogP contribution in [0.2, 0.25) is 0 Å². The lowest BCUT2D eigenvalue weighted by molar-refractivity contribution is -0.109. The minimum Gasteiger partial charge on any atom is -0.318 e. The van der Waals surface area contributed by atoms with Crippen molar-refractivity contribution in [2.45, 2.75) is 13.0 Å². The second-order valence-corrected chi connectivity index (χ2v) is 2.67. The molecule has 0 saturated heterocycles. The number of carbonyl (C=O) groups is 1. The van der Waals surface area contributed by atoms with Gasteiger partial charge in [-0.15, -0.1) is 0 Å². The van der Waals surface area contributed by atoms with Gasteiger partial charge in [-0.2, -0.15) is 0 Å². The predicted octanol–water partition coefficient (Wildman–Crippen LogP) is 1.33. The van der Waals surface area contributed by atoms with Crippen LogP contribution in [-0.4, -0.2) is 6.29 Å². The molecule has 1 unspecified atom stereocenters. The Morgan fingerprint density at radius 2 is 2.25 bits per heavy atom.